The normalized spacial score (nSPS) is 14.4. The summed E-state index contributed by atoms with van der Waals surface area (Å²) in [6, 6.07) is 4.42. The van der Waals surface area contributed by atoms with E-state index in [1.807, 2.05) is 0 Å². The minimum atomic E-state index is -1.05. The number of carbonyl (C=O) groups excluding carboxylic acids is 1. The number of carbonyl (C=O) groups is 2. The summed E-state index contributed by atoms with van der Waals surface area (Å²) in [4.78, 5) is 24.1. The highest BCUT2D eigenvalue weighted by molar-refractivity contribution is 9.10. The third-order valence-corrected chi connectivity index (χ3v) is 3.67. The molecule has 2 rings (SSSR count). The Bertz CT molecular complexity index is 584. The average molecular weight is 356 g/mol. The maximum Gasteiger partial charge on any atom is 0.323 e. The molecule has 1 N–H and O–H groups in total. The van der Waals surface area contributed by atoms with Gasteiger partial charge in [-0.2, -0.15) is 0 Å². The molecule has 1 saturated carbocycles. The highest BCUT2D eigenvalue weighted by atomic mass is 79.9. The molecule has 0 saturated heterocycles. The summed E-state index contributed by atoms with van der Waals surface area (Å²) in [5, 5.41) is 8.85. The van der Waals surface area contributed by atoms with Gasteiger partial charge < -0.3 is 10.0 Å². The minimum absolute atomic E-state index is 0.277. The molecule has 1 fully saturated rings. The van der Waals surface area contributed by atoms with E-state index in [0.717, 1.165) is 12.8 Å². The molecule has 1 amide bonds. The first kappa shape index (κ1) is 15.7. The predicted octanol–water partition coefficient (Wildman–Crippen LogP) is 2.92. The van der Waals surface area contributed by atoms with Gasteiger partial charge in [-0.05, 0) is 43.0 Å². The molecule has 0 aliphatic heterocycles. The fraction of sp³-hybridized carbons (Fsp3) is 0.333. The smallest absolute Gasteiger partial charge is 0.323 e. The summed E-state index contributed by atoms with van der Waals surface area (Å²) in [7, 11) is 0. The fourth-order valence-corrected chi connectivity index (χ4v) is 2.30. The number of aliphatic carboxylic acids is 1. The maximum atomic E-state index is 13.6. The first-order valence-corrected chi connectivity index (χ1v) is 7.39. The lowest BCUT2D eigenvalue weighted by Gasteiger charge is -2.18. The molecular formula is C15H15BrFNO3. The van der Waals surface area contributed by atoms with Crippen LogP contribution >= 0.6 is 15.9 Å². The van der Waals surface area contributed by atoms with Crippen LogP contribution in [-0.2, 0) is 9.59 Å². The largest absolute Gasteiger partial charge is 0.480 e. The highest BCUT2D eigenvalue weighted by Gasteiger charge is 2.27. The third kappa shape index (κ3) is 4.97. The summed E-state index contributed by atoms with van der Waals surface area (Å²) < 4.78 is 14.3. The first-order valence-electron chi connectivity index (χ1n) is 6.59. The van der Waals surface area contributed by atoms with Crippen LogP contribution < -0.4 is 0 Å². The summed E-state index contributed by atoms with van der Waals surface area (Å²) in [6.45, 7) is 0.108. The van der Waals surface area contributed by atoms with E-state index in [4.69, 9.17) is 5.11 Å². The monoisotopic (exact) mass is 355 g/mol. The summed E-state index contributed by atoms with van der Waals surface area (Å²) >= 11 is 3.23. The number of nitrogens with zero attached hydrogens (tertiary/aromatic N) is 1. The SMILES string of the molecule is O=C(O)CN(CC1CC1)C(=O)/C=C/c1cc(Br)ccc1F. The number of halogens is 2. The summed E-state index contributed by atoms with van der Waals surface area (Å²) in [6.07, 6.45) is 4.63. The van der Waals surface area contributed by atoms with Gasteiger partial charge in [0.2, 0.25) is 5.91 Å². The molecule has 0 spiro atoms. The molecule has 0 heterocycles. The van der Waals surface area contributed by atoms with Gasteiger partial charge in [-0.1, -0.05) is 15.9 Å². The van der Waals surface area contributed by atoms with Crippen LogP contribution in [0, 0.1) is 11.7 Å². The Morgan fingerprint density at radius 1 is 1.43 bits per heavy atom. The van der Waals surface area contributed by atoms with Crippen LogP contribution in [0.1, 0.15) is 18.4 Å². The second-order valence-corrected chi connectivity index (χ2v) is 5.97. The highest BCUT2D eigenvalue weighted by Crippen LogP contribution is 2.29. The summed E-state index contributed by atoms with van der Waals surface area (Å²) in [5.41, 5.74) is 0.277. The molecule has 0 aromatic heterocycles. The molecule has 21 heavy (non-hydrogen) atoms. The number of hydrogen-bond acceptors (Lipinski definition) is 2. The van der Waals surface area contributed by atoms with Gasteiger partial charge >= 0.3 is 5.97 Å². The first-order chi connectivity index (χ1) is 9.95. The minimum Gasteiger partial charge on any atom is -0.480 e. The molecule has 0 unspecified atom stereocenters. The van der Waals surface area contributed by atoms with Gasteiger partial charge in [-0.15, -0.1) is 0 Å². The second-order valence-electron chi connectivity index (χ2n) is 5.06. The zero-order valence-corrected chi connectivity index (χ0v) is 12.8. The maximum absolute atomic E-state index is 13.6. The molecule has 6 heteroatoms. The van der Waals surface area contributed by atoms with Crippen molar-refractivity contribution >= 4 is 33.9 Å². The van der Waals surface area contributed by atoms with E-state index in [1.165, 1.54) is 23.1 Å². The zero-order valence-electron chi connectivity index (χ0n) is 11.3. The van der Waals surface area contributed by atoms with Crippen molar-refractivity contribution in [2.75, 3.05) is 13.1 Å². The van der Waals surface area contributed by atoms with E-state index in [1.54, 1.807) is 12.1 Å². The van der Waals surface area contributed by atoms with Gasteiger partial charge in [0.15, 0.2) is 0 Å². The zero-order chi connectivity index (χ0) is 15.4. The lowest BCUT2D eigenvalue weighted by molar-refractivity contribution is -0.142. The molecule has 0 radical (unpaired) electrons. The van der Waals surface area contributed by atoms with Crippen LogP contribution in [0.3, 0.4) is 0 Å². The fourth-order valence-electron chi connectivity index (χ4n) is 1.92. The van der Waals surface area contributed by atoms with E-state index in [-0.39, 0.29) is 12.1 Å². The van der Waals surface area contributed by atoms with E-state index >= 15 is 0 Å². The van der Waals surface area contributed by atoms with E-state index < -0.39 is 17.7 Å². The van der Waals surface area contributed by atoms with Gasteiger partial charge in [-0.25, -0.2) is 4.39 Å². The number of benzene rings is 1. The van der Waals surface area contributed by atoms with Crippen molar-refractivity contribution in [2.24, 2.45) is 5.92 Å². The van der Waals surface area contributed by atoms with E-state index in [2.05, 4.69) is 15.9 Å². The number of hydrogen-bond donors (Lipinski definition) is 1. The van der Waals surface area contributed by atoms with Gasteiger partial charge in [0.25, 0.3) is 0 Å². The molecule has 1 aromatic carbocycles. The van der Waals surface area contributed by atoms with Crippen molar-refractivity contribution in [3.8, 4) is 0 Å². The van der Waals surface area contributed by atoms with Crippen LogP contribution in [0.2, 0.25) is 0 Å². The lowest BCUT2D eigenvalue weighted by Crippen LogP contribution is -2.36. The van der Waals surface area contributed by atoms with Crippen molar-refractivity contribution in [3.05, 3.63) is 40.1 Å². The van der Waals surface area contributed by atoms with Gasteiger partial charge in [-0.3, -0.25) is 9.59 Å². The molecular weight excluding hydrogens is 341 g/mol. The van der Waals surface area contributed by atoms with Gasteiger partial charge in [0.1, 0.15) is 12.4 Å². The average Bonchev–Trinajstić information content (AvgIpc) is 3.22. The van der Waals surface area contributed by atoms with Gasteiger partial charge in [0.05, 0.1) is 0 Å². The Balaban J connectivity index is 2.07. The van der Waals surface area contributed by atoms with Crippen molar-refractivity contribution in [2.45, 2.75) is 12.8 Å². The number of carboxylic acids is 1. The third-order valence-electron chi connectivity index (χ3n) is 3.18. The van der Waals surface area contributed by atoms with Gasteiger partial charge in [0, 0.05) is 22.7 Å². The van der Waals surface area contributed by atoms with Crippen LogP contribution in [-0.4, -0.2) is 35.0 Å². The van der Waals surface area contributed by atoms with Crippen LogP contribution in [0.5, 0.6) is 0 Å². The van der Waals surface area contributed by atoms with Crippen molar-refractivity contribution in [1.29, 1.82) is 0 Å². The Kier molecular flexibility index (Phi) is 5.12. The lowest BCUT2D eigenvalue weighted by atomic mass is 10.2. The molecule has 112 valence electrons. The number of rotatable bonds is 6. The van der Waals surface area contributed by atoms with E-state index in [9.17, 15) is 14.0 Å². The van der Waals surface area contributed by atoms with Crippen LogP contribution in [0.4, 0.5) is 4.39 Å². The molecule has 0 bridgehead atoms. The van der Waals surface area contributed by atoms with E-state index in [0.29, 0.717) is 16.9 Å². The topological polar surface area (TPSA) is 57.6 Å². The number of amides is 1. The standard InChI is InChI=1S/C15H15BrFNO3/c16-12-4-5-13(17)11(7-12)3-6-14(19)18(9-15(20)21)8-10-1-2-10/h3-7,10H,1-2,8-9H2,(H,20,21)/b6-3+. The molecule has 4 nitrogen and oxygen atoms in total. The quantitative estimate of drug-likeness (QED) is 0.798. The summed E-state index contributed by atoms with van der Waals surface area (Å²) in [5.74, 6) is -1.51. The molecule has 1 aromatic rings. The Hall–Kier alpha value is -1.69. The van der Waals surface area contributed by atoms with Crippen LogP contribution in [0.15, 0.2) is 28.7 Å². The Morgan fingerprint density at radius 2 is 2.14 bits per heavy atom. The molecule has 0 atom stereocenters. The second kappa shape index (κ2) is 6.85. The predicted molar refractivity (Wildman–Crippen MR) is 80.1 cm³/mol. The van der Waals surface area contributed by atoms with Crippen molar-refractivity contribution in [1.82, 2.24) is 4.90 Å². The molecule has 1 aliphatic rings. The van der Waals surface area contributed by atoms with Crippen LogP contribution in [0.25, 0.3) is 6.08 Å². The van der Waals surface area contributed by atoms with Crippen molar-refractivity contribution < 1.29 is 19.1 Å². The molecule has 1 aliphatic carbocycles. The Labute approximate surface area is 130 Å². The number of carboxylic acid groups (broad SMARTS) is 1. The Morgan fingerprint density at radius 3 is 2.76 bits per heavy atom. The van der Waals surface area contributed by atoms with Crippen molar-refractivity contribution in [3.63, 3.8) is 0 Å².